The minimum absolute atomic E-state index is 0.0584. The minimum Gasteiger partial charge on any atom is -0.377 e. The highest BCUT2D eigenvalue weighted by Gasteiger charge is 2.08. The van der Waals surface area contributed by atoms with E-state index in [2.05, 4.69) is 16.3 Å². The van der Waals surface area contributed by atoms with Gasteiger partial charge in [-0.3, -0.25) is 9.59 Å². The molecule has 0 radical (unpaired) electrons. The molecule has 1 aromatic heterocycles. The first-order chi connectivity index (χ1) is 9.06. The average molecular weight is 285 g/mol. The lowest BCUT2D eigenvalue weighted by Gasteiger charge is -2.09. The van der Waals surface area contributed by atoms with Crippen LogP contribution in [0.3, 0.4) is 0 Å². The van der Waals surface area contributed by atoms with Crippen LogP contribution < -0.4 is 16.6 Å². The molecule has 0 aliphatic carbocycles. The highest BCUT2D eigenvalue weighted by molar-refractivity contribution is 6.32. The highest BCUT2D eigenvalue weighted by Crippen LogP contribution is 2.14. The molecule has 7 nitrogen and oxygen atoms in total. The van der Waals surface area contributed by atoms with Crippen LogP contribution in [-0.4, -0.2) is 35.4 Å². The van der Waals surface area contributed by atoms with Crippen molar-refractivity contribution >= 4 is 23.2 Å². The second kappa shape index (κ2) is 7.41. The Morgan fingerprint density at radius 3 is 3.05 bits per heavy atom. The number of halogens is 1. The van der Waals surface area contributed by atoms with E-state index in [1.165, 1.54) is 6.20 Å². The van der Waals surface area contributed by atoms with Crippen molar-refractivity contribution in [1.29, 1.82) is 0 Å². The standard InChI is InChI=1S/C11H13ClN4O3/c1-2-4-16-11(18)10(8(12)6-15-16)14-3-5-19-7-9(13)17/h1,6,14H,3-5,7H2,(H2,13,17). The van der Waals surface area contributed by atoms with E-state index in [0.717, 1.165) is 4.68 Å². The Bertz CT molecular complexity index is 550. The molecule has 0 atom stereocenters. The van der Waals surface area contributed by atoms with Crippen molar-refractivity contribution < 1.29 is 9.53 Å². The van der Waals surface area contributed by atoms with E-state index in [0.29, 0.717) is 6.54 Å². The number of ether oxygens (including phenoxy) is 1. The zero-order chi connectivity index (χ0) is 14.3. The van der Waals surface area contributed by atoms with Crippen LogP contribution >= 0.6 is 11.6 Å². The number of hydrogen-bond acceptors (Lipinski definition) is 5. The third-order valence-corrected chi connectivity index (χ3v) is 2.32. The predicted octanol–water partition coefficient (Wildman–Crippen LogP) is -0.556. The highest BCUT2D eigenvalue weighted by atomic mass is 35.5. The molecule has 0 fully saturated rings. The second-order valence-corrected chi connectivity index (χ2v) is 3.89. The fourth-order valence-electron chi connectivity index (χ4n) is 1.25. The normalized spacial score (nSPS) is 9.89. The van der Waals surface area contributed by atoms with Gasteiger partial charge < -0.3 is 15.8 Å². The van der Waals surface area contributed by atoms with Crippen LogP contribution in [0.25, 0.3) is 0 Å². The number of carbonyl (C=O) groups excluding carboxylic acids is 1. The van der Waals surface area contributed by atoms with Crippen LogP contribution in [0.15, 0.2) is 11.0 Å². The van der Waals surface area contributed by atoms with Crippen molar-refractivity contribution in [3.63, 3.8) is 0 Å². The van der Waals surface area contributed by atoms with Crippen LogP contribution in [0.1, 0.15) is 0 Å². The molecular weight excluding hydrogens is 272 g/mol. The summed E-state index contributed by atoms with van der Waals surface area (Å²) in [5.41, 5.74) is 4.67. The molecule has 3 N–H and O–H groups in total. The summed E-state index contributed by atoms with van der Waals surface area (Å²) >= 11 is 5.86. The minimum atomic E-state index is -0.557. The van der Waals surface area contributed by atoms with Gasteiger partial charge >= 0.3 is 0 Å². The van der Waals surface area contributed by atoms with Gasteiger partial charge in [0.2, 0.25) is 5.91 Å². The Hall–Kier alpha value is -2.04. The van der Waals surface area contributed by atoms with Gasteiger partial charge in [-0.1, -0.05) is 17.5 Å². The summed E-state index contributed by atoms with van der Waals surface area (Å²) in [5.74, 6) is 1.76. The Balaban J connectivity index is 2.63. The van der Waals surface area contributed by atoms with Gasteiger partial charge in [-0.15, -0.1) is 6.42 Å². The molecular formula is C11H13ClN4O3. The molecule has 0 aliphatic rings. The Kier molecular flexibility index (Phi) is 5.85. The fourth-order valence-corrected chi connectivity index (χ4v) is 1.44. The molecule has 0 aliphatic heterocycles. The van der Waals surface area contributed by atoms with Gasteiger partial charge in [-0.2, -0.15) is 5.10 Å². The zero-order valence-electron chi connectivity index (χ0n) is 10.1. The third kappa shape index (κ3) is 4.62. The maximum atomic E-state index is 11.9. The number of rotatable bonds is 7. The molecule has 19 heavy (non-hydrogen) atoms. The number of terminal acetylenes is 1. The fraction of sp³-hybridized carbons (Fsp3) is 0.364. The van der Waals surface area contributed by atoms with Crippen LogP contribution in [0.4, 0.5) is 5.69 Å². The number of nitrogens with two attached hydrogens (primary N) is 1. The van der Waals surface area contributed by atoms with Crippen LogP contribution in [0.2, 0.25) is 5.02 Å². The maximum absolute atomic E-state index is 11.9. The summed E-state index contributed by atoms with van der Waals surface area (Å²) in [7, 11) is 0. The quantitative estimate of drug-likeness (QED) is 0.517. The van der Waals surface area contributed by atoms with Gasteiger partial charge in [0.25, 0.3) is 5.56 Å². The van der Waals surface area contributed by atoms with Crippen molar-refractivity contribution in [2.45, 2.75) is 6.54 Å². The number of nitrogens with one attached hydrogen (secondary N) is 1. The van der Waals surface area contributed by atoms with Gasteiger partial charge in [0.15, 0.2) is 0 Å². The monoisotopic (exact) mass is 284 g/mol. The van der Waals surface area contributed by atoms with Crippen molar-refractivity contribution in [3.05, 3.63) is 21.6 Å². The van der Waals surface area contributed by atoms with Gasteiger partial charge in [-0.25, -0.2) is 4.68 Å². The number of primary amides is 1. The SMILES string of the molecule is C#CCn1ncc(Cl)c(NCCOCC(N)=O)c1=O. The third-order valence-electron chi connectivity index (χ3n) is 2.03. The molecule has 0 saturated carbocycles. The molecule has 0 bridgehead atoms. The molecule has 1 heterocycles. The first-order valence-corrected chi connectivity index (χ1v) is 5.73. The summed E-state index contributed by atoms with van der Waals surface area (Å²) in [4.78, 5) is 22.3. The van der Waals surface area contributed by atoms with E-state index >= 15 is 0 Å². The van der Waals surface area contributed by atoms with E-state index in [1.807, 2.05) is 0 Å². The van der Waals surface area contributed by atoms with Crippen LogP contribution in [0, 0.1) is 12.3 Å². The van der Waals surface area contributed by atoms with Gasteiger partial charge in [0.1, 0.15) is 18.8 Å². The number of hydrogen-bond donors (Lipinski definition) is 2. The van der Waals surface area contributed by atoms with E-state index in [1.54, 1.807) is 0 Å². The lowest BCUT2D eigenvalue weighted by molar-refractivity contribution is -0.122. The van der Waals surface area contributed by atoms with Gasteiger partial charge in [-0.05, 0) is 0 Å². The molecule has 102 valence electrons. The van der Waals surface area contributed by atoms with Crippen molar-refractivity contribution in [2.24, 2.45) is 5.73 Å². The molecule has 0 unspecified atom stereocenters. The summed E-state index contributed by atoms with van der Waals surface area (Å²) in [6, 6.07) is 0. The Morgan fingerprint density at radius 2 is 2.42 bits per heavy atom. The van der Waals surface area contributed by atoms with Crippen molar-refractivity contribution in [1.82, 2.24) is 9.78 Å². The lowest BCUT2D eigenvalue weighted by Crippen LogP contribution is -2.27. The largest absolute Gasteiger partial charge is 0.377 e. The second-order valence-electron chi connectivity index (χ2n) is 3.48. The van der Waals surface area contributed by atoms with Crippen LogP contribution in [0.5, 0.6) is 0 Å². The number of carbonyl (C=O) groups is 1. The Morgan fingerprint density at radius 1 is 1.68 bits per heavy atom. The van der Waals surface area contributed by atoms with Gasteiger partial charge in [0.05, 0.1) is 17.8 Å². The average Bonchev–Trinajstić information content (AvgIpc) is 2.36. The summed E-state index contributed by atoms with van der Waals surface area (Å²) < 4.78 is 6.05. The zero-order valence-corrected chi connectivity index (χ0v) is 10.8. The number of anilines is 1. The molecule has 8 heteroatoms. The van der Waals surface area contributed by atoms with E-state index < -0.39 is 11.5 Å². The number of aromatic nitrogens is 2. The molecule has 1 rings (SSSR count). The van der Waals surface area contributed by atoms with E-state index in [4.69, 9.17) is 28.5 Å². The van der Waals surface area contributed by atoms with Crippen molar-refractivity contribution in [2.75, 3.05) is 25.1 Å². The molecule has 0 aromatic carbocycles. The lowest BCUT2D eigenvalue weighted by atomic mass is 10.4. The topological polar surface area (TPSA) is 99.2 Å². The van der Waals surface area contributed by atoms with Crippen molar-refractivity contribution in [3.8, 4) is 12.3 Å². The molecule has 0 spiro atoms. The Labute approximate surface area is 114 Å². The molecule has 1 aromatic rings. The summed E-state index contributed by atoms with van der Waals surface area (Å²) in [6.45, 7) is 0.383. The first-order valence-electron chi connectivity index (χ1n) is 5.35. The molecule has 0 saturated heterocycles. The van der Waals surface area contributed by atoms with Crippen LogP contribution in [-0.2, 0) is 16.1 Å². The smallest absolute Gasteiger partial charge is 0.292 e. The first kappa shape index (κ1) is 15.0. The summed E-state index contributed by atoms with van der Waals surface area (Å²) in [5, 5.41) is 6.78. The number of amides is 1. The summed E-state index contributed by atoms with van der Waals surface area (Å²) in [6.07, 6.45) is 6.44. The van der Waals surface area contributed by atoms with E-state index in [-0.39, 0.29) is 30.5 Å². The van der Waals surface area contributed by atoms with E-state index in [9.17, 15) is 9.59 Å². The number of nitrogens with zero attached hydrogens (tertiary/aromatic N) is 2. The van der Waals surface area contributed by atoms with Gasteiger partial charge in [0, 0.05) is 6.54 Å². The maximum Gasteiger partial charge on any atom is 0.292 e. The predicted molar refractivity (Wildman–Crippen MR) is 70.8 cm³/mol. The molecule has 1 amide bonds.